The zero-order valence-electron chi connectivity index (χ0n) is 19.0. The normalized spacial score (nSPS) is 11.1. The molecular formula is C28H20N2O2S3. The highest BCUT2D eigenvalue weighted by atomic mass is 32.1. The quantitative estimate of drug-likeness (QED) is 0.224. The molecule has 6 rings (SSSR count). The van der Waals surface area contributed by atoms with E-state index in [1.54, 1.807) is 36.9 Å². The molecule has 0 bridgehead atoms. The lowest BCUT2D eigenvalue weighted by molar-refractivity contribution is 0.415. The number of benzene rings is 3. The van der Waals surface area contributed by atoms with Crippen molar-refractivity contribution in [3.63, 3.8) is 0 Å². The number of thiophene rings is 2. The van der Waals surface area contributed by atoms with Gasteiger partial charge >= 0.3 is 0 Å². The molecule has 0 saturated heterocycles. The van der Waals surface area contributed by atoms with Gasteiger partial charge in [-0.2, -0.15) is 8.75 Å². The summed E-state index contributed by atoms with van der Waals surface area (Å²) in [6.07, 6.45) is 0. The van der Waals surface area contributed by atoms with E-state index in [-0.39, 0.29) is 0 Å². The topological polar surface area (TPSA) is 44.2 Å². The second kappa shape index (κ2) is 9.26. The summed E-state index contributed by atoms with van der Waals surface area (Å²) in [5.41, 5.74) is 6.41. The highest BCUT2D eigenvalue weighted by molar-refractivity contribution is 7.19. The summed E-state index contributed by atoms with van der Waals surface area (Å²) in [7, 11) is 3.39. The van der Waals surface area contributed by atoms with Gasteiger partial charge in [-0.1, -0.05) is 36.4 Å². The zero-order valence-corrected chi connectivity index (χ0v) is 21.5. The van der Waals surface area contributed by atoms with Gasteiger partial charge in [0.05, 0.1) is 25.9 Å². The first kappa shape index (κ1) is 22.0. The average Bonchev–Trinajstić information content (AvgIpc) is 3.69. The molecule has 3 aromatic carbocycles. The van der Waals surface area contributed by atoms with E-state index in [4.69, 9.17) is 9.47 Å². The lowest BCUT2D eigenvalue weighted by atomic mass is 10.1. The maximum atomic E-state index is 5.39. The van der Waals surface area contributed by atoms with Gasteiger partial charge in [-0.15, -0.1) is 22.7 Å². The van der Waals surface area contributed by atoms with Crippen LogP contribution in [0.25, 0.3) is 52.8 Å². The van der Waals surface area contributed by atoms with Gasteiger partial charge in [-0.3, -0.25) is 0 Å². The molecule has 0 N–H and O–H groups in total. The Morgan fingerprint density at radius 1 is 0.543 bits per heavy atom. The van der Waals surface area contributed by atoms with Crippen LogP contribution in [0.2, 0.25) is 0 Å². The molecule has 0 spiro atoms. The second-order valence-corrected chi connectivity index (χ2v) is 10.6. The molecule has 0 aliphatic heterocycles. The minimum Gasteiger partial charge on any atom is -0.497 e. The zero-order chi connectivity index (χ0) is 23.8. The molecule has 0 amide bonds. The highest BCUT2D eigenvalue weighted by Crippen LogP contribution is 2.42. The van der Waals surface area contributed by atoms with E-state index in [0.29, 0.717) is 0 Å². The smallest absolute Gasteiger partial charge is 0.119 e. The lowest BCUT2D eigenvalue weighted by Crippen LogP contribution is -1.82. The highest BCUT2D eigenvalue weighted by Gasteiger charge is 2.17. The molecule has 0 radical (unpaired) electrons. The van der Waals surface area contributed by atoms with Gasteiger partial charge in [0.15, 0.2) is 0 Å². The van der Waals surface area contributed by atoms with Crippen LogP contribution in [0.3, 0.4) is 0 Å². The molecule has 35 heavy (non-hydrogen) atoms. The number of methoxy groups -OCH3 is 2. The average molecular weight is 513 g/mol. The second-order valence-electron chi connectivity index (χ2n) is 7.91. The summed E-state index contributed by atoms with van der Waals surface area (Å²) in [6, 6.07) is 29.3. The van der Waals surface area contributed by atoms with Crippen LogP contribution in [0.4, 0.5) is 0 Å². The van der Waals surface area contributed by atoms with E-state index in [0.717, 1.165) is 44.8 Å². The van der Waals surface area contributed by atoms with E-state index >= 15 is 0 Å². The Balaban J connectivity index is 1.37. The van der Waals surface area contributed by atoms with Crippen molar-refractivity contribution >= 4 is 45.4 Å². The van der Waals surface area contributed by atoms with Crippen molar-refractivity contribution < 1.29 is 9.47 Å². The summed E-state index contributed by atoms with van der Waals surface area (Å²) < 4.78 is 20.2. The van der Waals surface area contributed by atoms with Crippen molar-refractivity contribution in [1.82, 2.24) is 8.75 Å². The molecule has 0 atom stereocenters. The van der Waals surface area contributed by atoms with Crippen LogP contribution in [0.1, 0.15) is 0 Å². The Morgan fingerprint density at radius 3 is 1.46 bits per heavy atom. The standard InChI is InChI=1S/C28H20N2O2S3/c1-31-19-7-3-5-17(15-19)23-11-13-25(33-23)21-9-10-22(28-27(21)29-35-30-28)26-14-12-24(34-26)18-6-4-8-20(16-18)32-2/h3-16H,1-2H3. The molecular weight excluding hydrogens is 493 g/mol. The number of hydrogen-bond acceptors (Lipinski definition) is 7. The fourth-order valence-electron chi connectivity index (χ4n) is 4.09. The lowest BCUT2D eigenvalue weighted by Gasteiger charge is -2.04. The van der Waals surface area contributed by atoms with Gasteiger partial charge in [0, 0.05) is 30.6 Å². The first-order valence-electron chi connectivity index (χ1n) is 11.0. The maximum absolute atomic E-state index is 5.39. The van der Waals surface area contributed by atoms with Crippen LogP contribution in [-0.2, 0) is 0 Å². The summed E-state index contributed by atoms with van der Waals surface area (Å²) in [5, 5.41) is 0. The molecule has 7 heteroatoms. The van der Waals surface area contributed by atoms with Crippen molar-refractivity contribution in [2.75, 3.05) is 14.2 Å². The van der Waals surface area contributed by atoms with Gasteiger partial charge in [-0.25, -0.2) is 0 Å². The third-order valence-electron chi connectivity index (χ3n) is 5.87. The van der Waals surface area contributed by atoms with Crippen LogP contribution in [0, 0.1) is 0 Å². The molecule has 0 unspecified atom stereocenters. The number of hydrogen-bond donors (Lipinski definition) is 0. The number of ether oxygens (including phenoxy) is 2. The van der Waals surface area contributed by atoms with Crippen LogP contribution in [0.15, 0.2) is 84.9 Å². The SMILES string of the molecule is COc1cccc(-c2ccc(-c3ccc(-c4ccc(-c5cccc(OC)c5)s4)c4nsnc34)s2)c1. The first-order chi connectivity index (χ1) is 17.2. The third kappa shape index (κ3) is 4.12. The van der Waals surface area contributed by atoms with Crippen molar-refractivity contribution in [2.45, 2.75) is 0 Å². The van der Waals surface area contributed by atoms with E-state index in [9.17, 15) is 0 Å². The van der Waals surface area contributed by atoms with Gasteiger partial charge < -0.3 is 9.47 Å². The van der Waals surface area contributed by atoms with Gasteiger partial charge in [0.1, 0.15) is 22.5 Å². The van der Waals surface area contributed by atoms with Crippen molar-refractivity contribution in [3.8, 4) is 53.3 Å². The molecule has 0 aliphatic rings. The monoisotopic (exact) mass is 512 g/mol. The van der Waals surface area contributed by atoms with E-state index in [1.807, 2.05) is 24.3 Å². The third-order valence-corrected chi connectivity index (χ3v) is 8.73. The largest absolute Gasteiger partial charge is 0.497 e. The van der Waals surface area contributed by atoms with Crippen molar-refractivity contribution in [3.05, 3.63) is 84.9 Å². The van der Waals surface area contributed by atoms with Gasteiger partial charge in [0.25, 0.3) is 0 Å². The van der Waals surface area contributed by atoms with E-state index in [1.165, 1.54) is 31.2 Å². The molecule has 0 fully saturated rings. The van der Waals surface area contributed by atoms with Crippen LogP contribution >= 0.6 is 34.4 Å². The summed E-state index contributed by atoms with van der Waals surface area (Å²) in [6.45, 7) is 0. The minimum absolute atomic E-state index is 0.858. The van der Waals surface area contributed by atoms with Crippen LogP contribution in [0.5, 0.6) is 11.5 Å². The van der Waals surface area contributed by atoms with E-state index < -0.39 is 0 Å². The summed E-state index contributed by atoms with van der Waals surface area (Å²) in [4.78, 5) is 4.74. The van der Waals surface area contributed by atoms with Crippen LogP contribution < -0.4 is 9.47 Å². The Kier molecular flexibility index (Phi) is 5.82. The predicted octanol–water partition coefficient (Wildman–Crippen LogP) is 8.50. The fraction of sp³-hybridized carbons (Fsp3) is 0.0714. The molecule has 6 aromatic rings. The Bertz CT molecular complexity index is 1530. The fourth-order valence-corrected chi connectivity index (χ4v) is 6.72. The van der Waals surface area contributed by atoms with Gasteiger partial charge in [-0.05, 0) is 59.7 Å². The molecule has 4 nitrogen and oxygen atoms in total. The first-order valence-corrected chi connectivity index (χ1v) is 13.3. The molecule has 3 aromatic heterocycles. The molecule has 0 aliphatic carbocycles. The summed E-state index contributed by atoms with van der Waals surface area (Å²) >= 11 is 4.77. The number of nitrogens with zero attached hydrogens (tertiary/aromatic N) is 2. The summed E-state index contributed by atoms with van der Waals surface area (Å²) in [5.74, 6) is 1.72. The Hall–Kier alpha value is -3.52. The Morgan fingerprint density at radius 2 is 1.00 bits per heavy atom. The molecule has 0 saturated carbocycles. The molecule has 3 heterocycles. The maximum Gasteiger partial charge on any atom is 0.119 e. The number of aromatic nitrogens is 2. The van der Waals surface area contributed by atoms with Crippen molar-refractivity contribution in [1.29, 1.82) is 0 Å². The van der Waals surface area contributed by atoms with Crippen LogP contribution in [-0.4, -0.2) is 23.0 Å². The van der Waals surface area contributed by atoms with Crippen molar-refractivity contribution in [2.24, 2.45) is 0 Å². The molecule has 172 valence electrons. The minimum atomic E-state index is 0.858. The van der Waals surface area contributed by atoms with Gasteiger partial charge in [0.2, 0.25) is 0 Å². The Labute approximate surface area is 215 Å². The number of fused-ring (bicyclic) bond motifs is 1. The predicted molar refractivity (Wildman–Crippen MR) is 148 cm³/mol. The van der Waals surface area contributed by atoms with E-state index in [2.05, 4.69) is 69.4 Å². The number of rotatable bonds is 6.